The zero-order valence-corrected chi connectivity index (χ0v) is 11.5. The molecular weight excluding hydrogens is 300 g/mol. The van der Waals surface area contributed by atoms with Gasteiger partial charge in [0.05, 0.1) is 13.2 Å². The van der Waals surface area contributed by atoms with Gasteiger partial charge in [-0.2, -0.15) is 8.78 Å². The number of hydrogen-bond acceptors (Lipinski definition) is 6. The van der Waals surface area contributed by atoms with Crippen LogP contribution in [0.2, 0.25) is 0 Å². The van der Waals surface area contributed by atoms with E-state index in [1.807, 2.05) is 0 Å². The highest BCUT2D eigenvalue weighted by Gasteiger charge is 2.46. The van der Waals surface area contributed by atoms with Crippen LogP contribution in [0.25, 0.3) is 0 Å². The largest absolute Gasteiger partial charge is 0.743 e. The van der Waals surface area contributed by atoms with Crippen molar-refractivity contribution in [2.75, 3.05) is 26.4 Å². The van der Waals surface area contributed by atoms with Gasteiger partial charge >= 0.3 is 11.2 Å². The normalized spacial score (nSPS) is 18.9. The third-order valence-corrected chi connectivity index (χ3v) is 3.35. The molecule has 1 unspecified atom stereocenters. The van der Waals surface area contributed by atoms with Gasteiger partial charge in [0, 0.05) is 13.2 Å². The van der Waals surface area contributed by atoms with E-state index in [1.54, 1.807) is 5.32 Å². The number of amides is 1. The van der Waals surface area contributed by atoms with E-state index >= 15 is 0 Å². The maximum atomic E-state index is 12.7. The lowest BCUT2D eigenvalue weighted by Crippen LogP contribution is -2.46. The third-order valence-electron chi connectivity index (χ3n) is 2.54. The van der Waals surface area contributed by atoms with Crippen LogP contribution >= 0.6 is 0 Å². The smallest absolute Gasteiger partial charge is 0.410 e. The summed E-state index contributed by atoms with van der Waals surface area (Å²) >= 11 is 0. The summed E-state index contributed by atoms with van der Waals surface area (Å²) in [5.41, 5.74) is 0. The van der Waals surface area contributed by atoms with Crippen LogP contribution in [0.3, 0.4) is 0 Å². The Labute approximate surface area is 115 Å². The molecule has 1 amide bonds. The Morgan fingerprint density at radius 3 is 2.60 bits per heavy atom. The van der Waals surface area contributed by atoms with Gasteiger partial charge in [-0.15, -0.1) is 0 Å². The molecule has 1 rings (SSSR count). The summed E-state index contributed by atoms with van der Waals surface area (Å²) in [6.07, 6.45) is 1.86. The Kier molecular flexibility index (Phi) is 6.24. The van der Waals surface area contributed by atoms with Gasteiger partial charge in [-0.3, -0.25) is 4.79 Å². The fraction of sp³-hybridized carbons (Fsp3) is 0.900. The quantitative estimate of drug-likeness (QED) is 0.340. The summed E-state index contributed by atoms with van der Waals surface area (Å²) in [6.45, 7) is 1.61. The second-order valence-corrected chi connectivity index (χ2v) is 5.74. The van der Waals surface area contributed by atoms with E-state index in [0.717, 1.165) is 0 Å². The molecule has 7 nitrogen and oxygen atoms in total. The summed E-state index contributed by atoms with van der Waals surface area (Å²) in [5.74, 6) is -2.09. The molecule has 0 radical (unpaired) electrons. The number of carbonyl (C=O) groups is 1. The van der Waals surface area contributed by atoms with Crippen LogP contribution in [-0.4, -0.2) is 56.6 Å². The van der Waals surface area contributed by atoms with Gasteiger partial charge in [-0.1, -0.05) is 0 Å². The summed E-state index contributed by atoms with van der Waals surface area (Å²) in [6, 6.07) is 0. The second-order valence-electron chi connectivity index (χ2n) is 4.32. The zero-order valence-electron chi connectivity index (χ0n) is 10.6. The molecule has 0 saturated carbocycles. The number of unbranched alkanes of at least 4 members (excludes halogenated alkanes) is 2. The highest BCUT2D eigenvalue weighted by molar-refractivity contribution is 7.87. The fourth-order valence-corrected chi connectivity index (χ4v) is 1.60. The van der Waals surface area contributed by atoms with Crippen LogP contribution in [-0.2, 0) is 24.4 Å². The second kappa shape index (κ2) is 7.25. The molecule has 0 bridgehead atoms. The number of epoxide rings is 1. The molecule has 1 fully saturated rings. The molecular formula is C10H16F2NO6S-. The van der Waals surface area contributed by atoms with Crippen molar-refractivity contribution in [3.05, 3.63) is 0 Å². The molecule has 1 aliphatic heterocycles. The number of alkyl halides is 2. The standard InChI is InChI=1S/C10H17F2NO6S/c11-10(12,20(15,16)17)9(14)13-4-2-1-3-5-18-6-8-7-19-8/h8H,1-7H2,(H,13,14)(H,15,16,17)/p-1. The number of rotatable bonds is 10. The Morgan fingerprint density at radius 2 is 2.05 bits per heavy atom. The van der Waals surface area contributed by atoms with Gasteiger partial charge in [0.2, 0.25) is 0 Å². The monoisotopic (exact) mass is 316 g/mol. The van der Waals surface area contributed by atoms with Crippen LogP contribution in [0.4, 0.5) is 8.78 Å². The molecule has 1 heterocycles. The fourth-order valence-electron chi connectivity index (χ4n) is 1.30. The van der Waals surface area contributed by atoms with Crippen molar-refractivity contribution in [2.45, 2.75) is 30.6 Å². The van der Waals surface area contributed by atoms with Crippen molar-refractivity contribution in [3.8, 4) is 0 Å². The van der Waals surface area contributed by atoms with E-state index < -0.39 is 21.3 Å². The highest BCUT2D eigenvalue weighted by atomic mass is 32.2. The van der Waals surface area contributed by atoms with Crippen LogP contribution in [0, 0.1) is 0 Å². The number of carbonyl (C=O) groups excluding carboxylic acids is 1. The van der Waals surface area contributed by atoms with E-state index in [9.17, 15) is 26.5 Å². The molecule has 0 aromatic rings. The Bertz CT molecular complexity index is 423. The maximum Gasteiger partial charge on any atom is 0.410 e. The lowest BCUT2D eigenvalue weighted by Gasteiger charge is -2.18. The van der Waals surface area contributed by atoms with Gasteiger partial charge in [0.25, 0.3) is 0 Å². The van der Waals surface area contributed by atoms with E-state index in [2.05, 4.69) is 0 Å². The first-order valence-electron chi connectivity index (χ1n) is 6.06. The van der Waals surface area contributed by atoms with Crippen molar-refractivity contribution in [2.24, 2.45) is 0 Å². The summed E-state index contributed by atoms with van der Waals surface area (Å²) in [7, 11) is -5.99. The number of halogens is 2. The van der Waals surface area contributed by atoms with E-state index in [4.69, 9.17) is 9.47 Å². The topological polar surface area (TPSA) is 108 Å². The van der Waals surface area contributed by atoms with Gasteiger partial charge < -0.3 is 19.3 Å². The zero-order chi connectivity index (χ0) is 15.2. The summed E-state index contributed by atoms with van der Waals surface area (Å²) < 4.78 is 66.1. The van der Waals surface area contributed by atoms with E-state index in [1.165, 1.54) is 0 Å². The maximum absolute atomic E-state index is 12.7. The SMILES string of the molecule is O=C(NCCCCCOCC1CO1)C(F)(F)S(=O)(=O)[O-]. The van der Waals surface area contributed by atoms with Gasteiger partial charge in [0.1, 0.15) is 6.10 Å². The number of hydrogen-bond donors (Lipinski definition) is 1. The molecule has 0 aliphatic carbocycles. The summed E-state index contributed by atoms with van der Waals surface area (Å²) in [4.78, 5) is 10.8. The predicted molar refractivity (Wildman–Crippen MR) is 62.1 cm³/mol. The van der Waals surface area contributed by atoms with Crippen LogP contribution in [0.5, 0.6) is 0 Å². The van der Waals surface area contributed by atoms with E-state index in [0.29, 0.717) is 39.1 Å². The van der Waals surface area contributed by atoms with Gasteiger partial charge in [-0.25, -0.2) is 8.42 Å². The minimum absolute atomic E-state index is 0.129. The number of ether oxygens (including phenoxy) is 2. The van der Waals surface area contributed by atoms with Crippen LogP contribution < -0.4 is 5.32 Å². The number of nitrogens with one attached hydrogen (secondary N) is 1. The van der Waals surface area contributed by atoms with E-state index in [-0.39, 0.29) is 12.6 Å². The van der Waals surface area contributed by atoms with Gasteiger partial charge in [-0.05, 0) is 19.3 Å². The molecule has 118 valence electrons. The van der Waals surface area contributed by atoms with Crippen molar-refractivity contribution in [3.63, 3.8) is 0 Å². The molecule has 1 N–H and O–H groups in total. The molecule has 0 aromatic carbocycles. The van der Waals surface area contributed by atoms with Crippen molar-refractivity contribution >= 4 is 16.0 Å². The third kappa shape index (κ3) is 5.65. The van der Waals surface area contributed by atoms with Crippen LogP contribution in [0.15, 0.2) is 0 Å². The molecule has 20 heavy (non-hydrogen) atoms. The lowest BCUT2D eigenvalue weighted by atomic mass is 10.2. The minimum Gasteiger partial charge on any atom is -0.743 e. The van der Waals surface area contributed by atoms with Gasteiger partial charge in [0.15, 0.2) is 10.1 Å². The average Bonchev–Trinajstić information content (AvgIpc) is 3.14. The molecule has 1 saturated heterocycles. The first-order valence-corrected chi connectivity index (χ1v) is 7.47. The first kappa shape index (κ1) is 17.2. The Balaban J connectivity index is 2.03. The molecule has 0 spiro atoms. The molecule has 1 aliphatic rings. The average molecular weight is 316 g/mol. The molecule has 1 atom stereocenters. The van der Waals surface area contributed by atoms with Crippen molar-refractivity contribution in [1.82, 2.24) is 5.32 Å². The molecule has 0 aromatic heterocycles. The predicted octanol–water partition coefficient (Wildman–Crippen LogP) is -0.174. The van der Waals surface area contributed by atoms with Crippen LogP contribution in [0.1, 0.15) is 19.3 Å². The Hall–Kier alpha value is -0.840. The van der Waals surface area contributed by atoms with Crippen molar-refractivity contribution in [1.29, 1.82) is 0 Å². The summed E-state index contributed by atoms with van der Waals surface area (Å²) in [5, 5.41) is -3.21. The van der Waals surface area contributed by atoms with Crippen molar-refractivity contribution < 1.29 is 36.0 Å². The lowest BCUT2D eigenvalue weighted by molar-refractivity contribution is -0.136. The molecule has 10 heteroatoms. The highest BCUT2D eigenvalue weighted by Crippen LogP contribution is 2.20. The Morgan fingerprint density at radius 1 is 1.40 bits per heavy atom. The first-order chi connectivity index (χ1) is 9.25. The minimum atomic E-state index is -5.99.